The van der Waals surface area contributed by atoms with Gasteiger partial charge < -0.3 is 0 Å². The second-order valence-corrected chi connectivity index (χ2v) is 11.6. The van der Waals surface area contributed by atoms with E-state index < -0.39 is 0 Å². The molecule has 0 heterocycles. The zero-order valence-electron chi connectivity index (χ0n) is 21.4. The molecule has 170 valence electrons. The summed E-state index contributed by atoms with van der Waals surface area (Å²) >= 11 is 0. The van der Waals surface area contributed by atoms with Crippen molar-refractivity contribution < 1.29 is 0 Å². The normalized spacial score (nSPS) is 38.3. The summed E-state index contributed by atoms with van der Waals surface area (Å²) in [5, 5.41) is 0. The van der Waals surface area contributed by atoms with Crippen LogP contribution < -0.4 is 0 Å². The van der Waals surface area contributed by atoms with Gasteiger partial charge in [-0.1, -0.05) is 101 Å². The highest BCUT2D eigenvalue weighted by Gasteiger charge is 2.57. The largest absolute Gasteiger partial charge is 0.0999 e. The van der Waals surface area contributed by atoms with E-state index in [4.69, 9.17) is 0 Å². The van der Waals surface area contributed by atoms with Gasteiger partial charge in [-0.2, -0.15) is 0 Å². The van der Waals surface area contributed by atoms with Crippen LogP contribution in [0.25, 0.3) is 0 Å². The first kappa shape index (κ1) is 24.1. The van der Waals surface area contributed by atoms with E-state index in [-0.39, 0.29) is 5.41 Å². The van der Waals surface area contributed by atoms with Crippen LogP contribution in [0.4, 0.5) is 0 Å². The molecule has 0 aliphatic heterocycles. The van der Waals surface area contributed by atoms with Crippen molar-refractivity contribution in [1.29, 1.82) is 0 Å². The molecule has 4 aliphatic carbocycles. The maximum absolute atomic E-state index is 4.48. The van der Waals surface area contributed by atoms with Gasteiger partial charge in [0.05, 0.1) is 0 Å². The third-order valence-corrected chi connectivity index (χ3v) is 9.26. The van der Waals surface area contributed by atoms with Crippen LogP contribution in [-0.2, 0) is 0 Å². The molecule has 4 rings (SSSR count). The lowest BCUT2D eigenvalue weighted by molar-refractivity contribution is 0.102. The van der Waals surface area contributed by atoms with Crippen LogP contribution in [0.15, 0.2) is 71.9 Å². The molecule has 0 radical (unpaired) electrons. The Morgan fingerprint density at radius 3 is 2.45 bits per heavy atom. The molecule has 0 N–H and O–H groups in total. The number of hydrogen-bond acceptors (Lipinski definition) is 0. The Bertz CT molecular complexity index is 843. The van der Waals surface area contributed by atoms with Crippen molar-refractivity contribution in [2.75, 3.05) is 0 Å². The highest BCUT2D eigenvalue weighted by molar-refractivity contribution is 5.50. The van der Waals surface area contributed by atoms with Gasteiger partial charge in [-0.05, 0) is 86.5 Å². The van der Waals surface area contributed by atoms with E-state index in [9.17, 15) is 0 Å². The smallest absolute Gasteiger partial charge is 0.0281 e. The standard InChI is InChI=1S/C25H34.C6H12/c1-7-17(3)23-18(4)15-22-20-9-8-19-14-16(2)10-12-24(19,5)21(20)11-13-25(22,23)6;1-5(2)6(3)4/h10-12,14,18,20,22-23H,2-3,7-9,13,15H2,1,4-6H3;6H,1H2,2-4H3/t18-,20?,22?,23-,24-,25-;/m0./s1. The number of allylic oxidation sites excluding steroid dienone is 9. The molecule has 2 saturated carbocycles. The van der Waals surface area contributed by atoms with Crippen LogP contribution >= 0.6 is 0 Å². The second kappa shape index (κ2) is 8.76. The lowest BCUT2D eigenvalue weighted by Crippen LogP contribution is -2.43. The summed E-state index contributed by atoms with van der Waals surface area (Å²) in [7, 11) is 0. The van der Waals surface area contributed by atoms with Gasteiger partial charge in [0.1, 0.15) is 0 Å². The van der Waals surface area contributed by atoms with Crippen molar-refractivity contribution in [3.63, 3.8) is 0 Å². The van der Waals surface area contributed by atoms with E-state index in [0.717, 1.165) is 24.2 Å². The molecule has 0 bridgehead atoms. The quantitative estimate of drug-likeness (QED) is 0.401. The lowest BCUT2D eigenvalue weighted by Gasteiger charge is -2.52. The van der Waals surface area contributed by atoms with Crippen molar-refractivity contribution in [1.82, 2.24) is 0 Å². The third-order valence-electron chi connectivity index (χ3n) is 9.26. The molecule has 0 aromatic carbocycles. The first-order valence-electron chi connectivity index (χ1n) is 12.6. The van der Waals surface area contributed by atoms with Crippen LogP contribution in [0.2, 0.25) is 0 Å². The number of fused-ring (bicyclic) bond motifs is 5. The molecular formula is C31H46. The number of hydrogen-bond donors (Lipinski definition) is 0. The van der Waals surface area contributed by atoms with Crippen molar-refractivity contribution in [2.24, 2.45) is 40.4 Å². The predicted octanol–water partition coefficient (Wildman–Crippen LogP) is 9.25. The number of rotatable bonds is 3. The van der Waals surface area contributed by atoms with Crippen LogP contribution in [0.3, 0.4) is 0 Å². The first-order valence-corrected chi connectivity index (χ1v) is 12.6. The molecule has 0 saturated heterocycles. The summed E-state index contributed by atoms with van der Waals surface area (Å²) in [5.74, 6) is 3.72. The molecule has 6 atom stereocenters. The van der Waals surface area contributed by atoms with E-state index in [1.54, 1.807) is 11.1 Å². The molecule has 0 amide bonds. The minimum Gasteiger partial charge on any atom is -0.0999 e. The van der Waals surface area contributed by atoms with Crippen molar-refractivity contribution in [3.05, 3.63) is 71.9 Å². The Labute approximate surface area is 193 Å². The molecule has 2 fully saturated rings. The maximum Gasteiger partial charge on any atom is 0.0281 e. The summed E-state index contributed by atoms with van der Waals surface area (Å²) in [4.78, 5) is 0. The average Bonchev–Trinajstić information content (AvgIpc) is 2.98. The fourth-order valence-corrected chi connectivity index (χ4v) is 7.06. The van der Waals surface area contributed by atoms with Crippen molar-refractivity contribution in [3.8, 4) is 0 Å². The highest BCUT2D eigenvalue weighted by Crippen LogP contribution is 2.66. The minimum absolute atomic E-state index is 0.147. The summed E-state index contributed by atoms with van der Waals surface area (Å²) in [6.07, 6.45) is 16.0. The summed E-state index contributed by atoms with van der Waals surface area (Å²) < 4.78 is 0. The van der Waals surface area contributed by atoms with E-state index in [1.165, 1.54) is 42.4 Å². The minimum atomic E-state index is 0.147. The summed E-state index contributed by atoms with van der Waals surface area (Å²) in [6, 6.07) is 0. The summed E-state index contributed by atoms with van der Waals surface area (Å²) in [5.41, 5.74) is 7.79. The Hall–Kier alpha value is -1.56. The Kier molecular flexibility index (Phi) is 6.81. The Morgan fingerprint density at radius 2 is 1.87 bits per heavy atom. The van der Waals surface area contributed by atoms with Crippen LogP contribution in [0, 0.1) is 40.4 Å². The molecule has 31 heavy (non-hydrogen) atoms. The monoisotopic (exact) mass is 418 g/mol. The zero-order valence-corrected chi connectivity index (χ0v) is 21.4. The van der Waals surface area contributed by atoms with Gasteiger partial charge >= 0.3 is 0 Å². The molecule has 0 aromatic heterocycles. The highest BCUT2D eigenvalue weighted by atomic mass is 14.6. The van der Waals surface area contributed by atoms with Crippen LogP contribution in [0.1, 0.15) is 80.6 Å². The molecule has 4 aliphatic rings. The van der Waals surface area contributed by atoms with Gasteiger partial charge in [0, 0.05) is 5.41 Å². The van der Waals surface area contributed by atoms with Gasteiger partial charge in [-0.15, -0.1) is 0 Å². The third kappa shape index (κ3) is 4.12. The van der Waals surface area contributed by atoms with Gasteiger partial charge in [-0.3, -0.25) is 0 Å². The van der Waals surface area contributed by atoms with E-state index in [2.05, 4.69) is 85.6 Å². The van der Waals surface area contributed by atoms with Gasteiger partial charge in [0.25, 0.3) is 0 Å². The SMILES string of the molecule is C=C(C)C(C)C.C=C1C=C[C@@]2(C)C(=C1)CCC1C2=CC[C@@]2(C)C1C[C@H](C)[C@@H]2C(=C)CC. The molecule has 0 spiro atoms. The van der Waals surface area contributed by atoms with E-state index >= 15 is 0 Å². The fourth-order valence-electron chi connectivity index (χ4n) is 7.06. The maximum atomic E-state index is 4.48. The molecule has 0 aromatic rings. The zero-order chi connectivity index (χ0) is 23.1. The fraction of sp³-hybridized carbons (Fsp3) is 0.613. The first-order chi connectivity index (χ1) is 14.5. The second-order valence-electron chi connectivity index (χ2n) is 11.6. The van der Waals surface area contributed by atoms with Gasteiger partial charge in [0.2, 0.25) is 0 Å². The Balaban J connectivity index is 0.000000401. The molecule has 0 nitrogen and oxygen atoms in total. The molecular weight excluding hydrogens is 372 g/mol. The van der Waals surface area contributed by atoms with Crippen LogP contribution in [0.5, 0.6) is 0 Å². The van der Waals surface area contributed by atoms with Gasteiger partial charge in [0.15, 0.2) is 0 Å². The van der Waals surface area contributed by atoms with Crippen LogP contribution in [-0.4, -0.2) is 0 Å². The predicted molar refractivity (Wildman–Crippen MR) is 138 cm³/mol. The average molecular weight is 419 g/mol. The van der Waals surface area contributed by atoms with E-state index in [1.807, 2.05) is 6.92 Å². The van der Waals surface area contributed by atoms with Crippen molar-refractivity contribution >= 4 is 0 Å². The van der Waals surface area contributed by atoms with Gasteiger partial charge in [-0.25, -0.2) is 0 Å². The topological polar surface area (TPSA) is 0 Å². The molecule has 0 heteroatoms. The summed E-state index contributed by atoms with van der Waals surface area (Å²) in [6.45, 7) is 28.5. The lowest BCUT2D eigenvalue weighted by atomic mass is 9.52. The Morgan fingerprint density at radius 1 is 1.23 bits per heavy atom. The van der Waals surface area contributed by atoms with E-state index in [0.29, 0.717) is 17.3 Å². The van der Waals surface area contributed by atoms with Crippen molar-refractivity contribution in [2.45, 2.75) is 80.6 Å². The molecule has 2 unspecified atom stereocenters.